The number of amides is 1. The van der Waals surface area contributed by atoms with Crippen molar-refractivity contribution in [3.8, 4) is 5.75 Å². The summed E-state index contributed by atoms with van der Waals surface area (Å²) in [5.41, 5.74) is 3.49. The number of carbonyl (C=O) groups excluding carboxylic acids is 1. The normalized spacial score (nSPS) is 10.2. The van der Waals surface area contributed by atoms with Crippen LogP contribution in [0, 0.1) is 13.8 Å². The second kappa shape index (κ2) is 6.05. The molecule has 1 aromatic carbocycles. The SMILES string of the molecule is COc1c(C)cc(CCN(C)C(=O)Br)cc1C. The van der Waals surface area contributed by atoms with Crippen LogP contribution in [0.4, 0.5) is 4.79 Å². The molecule has 0 atom stereocenters. The quantitative estimate of drug-likeness (QED) is 0.631. The summed E-state index contributed by atoms with van der Waals surface area (Å²) in [6, 6.07) is 4.22. The van der Waals surface area contributed by atoms with Crippen LogP contribution in [0.2, 0.25) is 0 Å². The molecule has 1 amide bonds. The number of methoxy groups -OCH3 is 1. The van der Waals surface area contributed by atoms with Gasteiger partial charge in [0.05, 0.1) is 7.11 Å². The monoisotopic (exact) mass is 299 g/mol. The third-order valence-electron chi connectivity index (χ3n) is 2.76. The Bertz CT molecular complexity index is 395. The van der Waals surface area contributed by atoms with Crippen molar-refractivity contribution in [2.45, 2.75) is 20.3 Å². The molecule has 0 aliphatic rings. The maximum absolute atomic E-state index is 11.0. The van der Waals surface area contributed by atoms with Gasteiger partial charge in [0.25, 0.3) is 4.82 Å². The average molecular weight is 300 g/mol. The summed E-state index contributed by atoms with van der Waals surface area (Å²) in [7, 11) is 3.46. The molecule has 0 aliphatic heterocycles. The second-order valence-electron chi connectivity index (χ2n) is 4.19. The Morgan fingerprint density at radius 2 is 1.88 bits per heavy atom. The predicted molar refractivity (Wildman–Crippen MR) is 73.1 cm³/mol. The molecule has 0 spiro atoms. The highest BCUT2D eigenvalue weighted by molar-refractivity contribution is 9.18. The first-order valence-electron chi connectivity index (χ1n) is 5.50. The zero-order chi connectivity index (χ0) is 13.0. The van der Waals surface area contributed by atoms with Gasteiger partial charge in [-0.15, -0.1) is 0 Å². The van der Waals surface area contributed by atoms with Gasteiger partial charge >= 0.3 is 0 Å². The highest BCUT2D eigenvalue weighted by Gasteiger charge is 2.07. The topological polar surface area (TPSA) is 29.5 Å². The molecule has 0 heterocycles. The first-order chi connectivity index (χ1) is 7.95. The van der Waals surface area contributed by atoms with Crippen molar-refractivity contribution in [3.05, 3.63) is 28.8 Å². The molecule has 94 valence electrons. The van der Waals surface area contributed by atoms with Gasteiger partial charge in [-0.25, -0.2) is 0 Å². The first kappa shape index (κ1) is 14.0. The molecular weight excluding hydrogens is 282 g/mol. The summed E-state index contributed by atoms with van der Waals surface area (Å²) in [4.78, 5) is 12.6. The van der Waals surface area contributed by atoms with Gasteiger partial charge in [-0.1, -0.05) is 12.1 Å². The van der Waals surface area contributed by atoms with Crippen molar-refractivity contribution in [2.24, 2.45) is 0 Å². The Morgan fingerprint density at radius 3 is 2.29 bits per heavy atom. The van der Waals surface area contributed by atoms with Crippen LogP contribution in [0.25, 0.3) is 0 Å². The number of hydrogen-bond donors (Lipinski definition) is 0. The highest BCUT2D eigenvalue weighted by atomic mass is 79.9. The zero-order valence-electron chi connectivity index (χ0n) is 10.7. The van der Waals surface area contributed by atoms with Crippen LogP contribution < -0.4 is 4.74 Å². The number of benzene rings is 1. The van der Waals surface area contributed by atoms with E-state index in [-0.39, 0.29) is 4.82 Å². The van der Waals surface area contributed by atoms with Crippen molar-refractivity contribution in [3.63, 3.8) is 0 Å². The van der Waals surface area contributed by atoms with Crippen molar-refractivity contribution in [2.75, 3.05) is 20.7 Å². The van der Waals surface area contributed by atoms with E-state index in [1.165, 1.54) is 5.56 Å². The van der Waals surface area contributed by atoms with Gasteiger partial charge in [0.15, 0.2) is 0 Å². The lowest BCUT2D eigenvalue weighted by molar-refractivity contribution is 0.235. The van der Waals surface area contributed by atoms with Gasteiger partial charge in [0.2, 0.25) is 0 Å². The van der Waals surface area contributed by atoms with E-state index in [4.69, 9.17) is 4.74 Å². The molecule has 0 saturated heterocycles. The van der Waals surface area contributed by atoms with E-state index in [1.807, 2.05) is 13.8 Å². The van der Waals surface area contributed by atoms with E-state index in [9.17, 15) is 4.79 Å². The minimum absolute atomic E-state index is 0.0838. The number of ether oxygens (including phenoxy) is 1. The fraction of sp³-hybridized carbons (Fsp3) is 0.462. The Balaban J connectivity index is 2.77. The minimum Gasteiger partial charge on any atom is -0.496 e. The number of carbonyl (C=O) groups is 1. The van der Waals surface area contributed by atoms with Crippen LogP contribution in [0.3, 0.4) is 0 Å². The zero-order valence-corrected chi connectivity index (χ0v) is 12.3. The molecule has 0 unspecified atom stereocenters. The van der Waals surface area contributed by atoms with Crippen LogP contribution in [0.5, 0.6) is 5.75 Å². The molecule has 0 bridgehead atoms. The lowest BCUT2D eigenvalue weighted by atomic mass is 10.0. The van der Waals surface area contributed by atoms with E-state index in [1.54, 1.807) is 19.1 Å². The van der Waals surface area contributed by atoms with Gasteiger partial charge < -0.3 is 9.64 Å². The lowest BCUT2D eigenvalue weighted by Gasteiger charge is -2.15. The molecular formula is C13H18BrNO2. The van der Waals surface area contributed by atoms with Crippen molar-refractivity contribution < 1.29 is 9.53 Å². The third-order valence-corrected chi connectivity index (χ3v) is 3.37. The third kappa shape index (κ3) is 3.73. The summed E-state index contributed by atoms with van der Waals surface area (Å²) in [5, 5.41) is 0. The number of nitrogens with zero attached hydrogens (tertiary/aromatic N) is 1. The Kier molecular flexibility index (Phi) is 5.00. The Hall–Kier alpha value is -1.03. The molecule has 0 radical (unpaired) electrons. The summed E-state index contributed by atoms with van der Waals surface area (Å²) >= 11 is 2.93. The molecule has 0 aromatic heterocycles. The maximum Gasteiger partial charge on any atom is 0.289 e. The average Bonchev–Trinajstić information content (AvgIpc) is 2.25. The van der Waals surface area contributed by atoms with Crippen LogP contribution in [0.15, 0.2) is 12.1 Å². The van der Waals surface area contributed by atoms with Crippen LogP contribution in [-0.2, 0) is 6.42 Å². The molecule has 0 fully saturated rings. The van der Waals surface area contributed by atoms with E-state index >= 15 is 0 Å². The van der Waals surface area contributed by atoms with Crippen LogP contribution in [-0.4, -0.2) is 30.4 Å². The Labute approximate surface area is 111 Å². The van der Waals surface area contributed by atoms with E-state index in [0.717, 1.165) is 23.3 Å². The van der Waals surface area contributed by atoms with Crippen molar-refractivity contribution in [1.82, 2.24) is 4.90 Å². The predicted octanol–water partition coefficient (Wildman–Crippen LogP) is 3.30. The Morgan fingerprint density at radius 1 is 1.35 bits per heavy atom. The standard InChI is InChI=1S/C13H18BrNO2/c1-9-7-11(5-6-15(3)13(14)16)8-10(2)12(9)17-4/h7-8H,5-6H2,1-4H3. The van der Waals surface area contributed by atoms with Crippen LogP contribution >= 0.6 is 15.9 Å². The van der Waals surface area contributed by atoms with Gasteiger partial charge in [-0.2, -0.15) is 0 Å². The molecule has 4 heteroatoms. The highest BCUT2D eigenvalue weighted by Crippen LogP contribution is 2.24. The van der Waals surface area contributed by atoms with E-state index in [2.05, 4.69) is 28.1 Å². The van der Waals surface area contributed by atoms with E-state index in [0.29, 0.717) is 6.54 Å². The number of likely N-dealkylation sites (N-methyl/N-ethyl adjacent to an activating group) is 1. The molecule has 0 saturated carbocycles. The number of aryl methyl sites for hydroxylation is 2. The van der Waals surface area contributed by atoms with Crippen molar-refractivity contribution in [1.29, 1.82) is 0 Å². The van der Waals surface area contributed by atoms with Gasteiger partial charge in [0.1, 0.15) is 5.75 Å². The van der Waals surface area contributed by atoms with Gasteiger partial charge in [-0.3, -0.25) is 4.79 Å². The smallest absolute Gasteiger partial charge is 0.289 e. The molecule has 1 rings (SSSR count). The molecule has 0 N–H and O–H groups in total. The van der Waals surface area contributed by atoms with Crippen molar-refractivity contribution >= 4 is 20.7 Å². The van der Waals surface area contributed by atoms with Gasteiger partial charge in [-0.05, 0) is 37.0 Å². The molecule has 0 aliphatic carbocycles. The second-order valence-corrected chi connectivity index (χ2v) is 4.87. The lowest BCUT2D eigenvalue weighted by Crippen LogP contribution is -2.23. The fourth-order valence-corrected chi connectivity index (χ4v) is 2.07. The summed E-state index contributed by atoms with van der Waals surface area (Å²) in [6.07, 6.45) is 0.847. The maximum atomic E-state index is 11.0. The van der Waals surface area contributed by atoms with Crippen LogP contribution in [0.1, 0.15) is 16.7 Å². The summed E-state index contributed by atoms with van der Waals surface area (Å²) in [5.74, 6) is 0.943. The minimum atomic E-state index is -0.0838. The molecule has 1 aromatic rings. The van der Waals surface area contributed by atoms with Gasteiger partial charge in [0, 0.05) is 29.5 Å². The largest absolute Gasteiger partial charge is 0.496 e. The summed E-state index contributed by atoms with van der Waals surface area (Å²) < 4.78 is 5.32. The first-order valence-corrected chi connectivity index (χ1v) is 6.29. The number of halogens is 1. The molecule has 17 heavy (non-hydrogen) atoms. The summed E-state index contributed by atoms with van der Waals surface area (Å²) in [6.45, 7) is 4.78. The number of hydrogen-bond acceptors (Lipinski definition) is 2. The fourth-order valence-electron chi connectivity index (χ4n) is 1.89. The van der Waals surface area contributed by atoms with E-state index < -0.39 is 0 Å². The number of rotatable bonds is 4. The molecule has 3 nitrogen and oxygen atoms in total.